The van der Waals surface area contributed by atoms with E-state index in [4.69, 9.17) is 4.74 Å². The first-order chi connectivity index (χ1) is 11.6. The lowest BCUT2D eigenvalue weighted by Crippen LogP contribution is -2.49. The normalized spacial score (nSPS) is 19.1. The van der Waals surface area contributed by atoms with E-state index in [1.165, 1.54) is 4.88 Å². The van der Waals surface area contributed by atoms with Crippen LogP contribution in [0.3, 0.4) is 0 Å². The Morgan fingerprint density at radius 2 is 2.38 bits per heavy atom. The fraction of sp³-hybridized carbons (Fsp3) is 0.722. The molecule has 1 saturated heterocycles. The van der Waals surface area contributed by atoms with Crippen LogP contribution in [0.5, 0.6) is 0 Å². The number of thiophene rings is 1. The standard InChI is InChI=1S/C18H31N3O2S/c1-4-20(13-17-6-5-9-24-17)14-18(22)19-10-16-12-21(7-8-23-16)11-15(2)3/h5-6,9,15-16H,4,7-8,10-14H2,1-3H3,(H,19,22). The summed E-state index contributed by atoms with van der Waals surface area (Å²) in [6.45, 7) is 13.1. The van der Waals surface area contributed by atoms with Crippen LogP contribution in [-0.2, 0) is 16.1 Å². The van der Waals surface area contributed by atoms with Crippen molar-refractivity contribution in [2.24, 2.45) is 5.92 Å². The Balaban J connectivity index is 1.69. The summed E-state index contributed by atoms with van der Waals surface area (Å²) in [4.78, 5) is 18.1. The minimum absolute atomic E-state index is 0.0815. The number of likely N-dealkylation sites (N-methyl/N-ethyl adjacent to an activating group) is 1. The van der Waals surface area contributed by atoms with Crippen LogP contribution < -0.4 is 5.32 Å². The van der Waals surface area contributed by atoms with Gasteiger partial charge in [0.05, 0.1) is 19.3 Å². The van der Waals surface area contributed by atoms with E-state index in [9.17, 15) is 4.79 Å². The Bertz CT molecular complexity index is 479. The smallest absolute Gasteiger partial charge is 0.234 e. The topological polar surface area (TPSA) is 44.8 Å². The second kappa shape index (κ2) is 10.1. The highest BCUT2D eigenvalue weighted by molar-refractivity contribution is 7.09. The van der Waals surface area contributed by atoms with Crippen LogP contribution in [0.1, 0.15) is 25.6 Å². The molecule has 6 heteroatoms. The number of rotatable bonds is 9. The van der Waals surface area contributed by atoms with Crippen LogP contribution in [-0.4, -0.2) is 67.7 Å². The van der Waals surface area contributed by atoms with E-state index in [0.29, 0.717) is 19.0 Å². The molecular formula is C18H31N3O2S. The Morgan fingerprint density at radius 1 is 1.54 bits per heavy atom. The highest BCUT2D eigenvalue weighted by Gasteiger charge is 2.21. The van der Waals surface area contributed by atoms with Crippen LogP contribution in [0.25, 0.3) is 0 Å². The van der Waals surface area contributed by atoms with Gasteiger partial charge in [-0.25, -0.2) is 0 Å². The van der Waals surface area contributed by atoms with Crippen molar-refractivity contribution in [2.75, 3.05) is 45.9 Å². The van der Waals surface area contributed by atoms with Crippen molar-refractivity contribution in [1.82, 2.24) is 15.1 Å². The van der Waals surface area contributed by atoms with Crippen LogP contribution >= 0.6 is 11.3 Å². The van der Waals surface area contributed by atoms with Gasteiger partial charge in [-0.3, -0.25) is 14.6 Å². The molecule has 1 N–H and O–H groups in total. The van der Waals surface area contributed by atoms with Gasteiger partial charge in [0, 0.05) is 37.6 Å². The lowest BCUT2D eigenvalue weighted by Gasteiger charge is -2.34. The van der Waals surface area contributed by atoms with Gasteiger partial charge in [-0.15, -0.1) is 11.3 Å². The molecule has 136 valence electrons. The zero-order chi connectivity index (χ0) is 17.4. The largest absolute Gasteiger partial charge is 0.374 e. The average Bonchev–Trinajstić information content (AvgIpc) is 3.05. The summed E-state index contributed by atoms with van der Waals surface area (Å²) in [5, 5.41) is 5.12. The second-order valence-corrected chi connectivity index (χ2v) is 7.87. The van der Waals surface area contributed by atoms with E-state index < -0.39 is 0 Å². The molecule has 24 heavy (non-hydrogen) atoms. The maximum Gasteiger partial charge on any atom is 0.234 e. The highest BCUT2D eigenvalue weighted by atomic mass is 32.1. The maximum absolute atomic E-state index is 12.2. The summed E-state index contributed by atoms with van der Waals surface area (Å²) in [7, 11) is 0. The van der Waals surface area contributed by atoms with Gasteiger partial charge in [0.25, 0.3) is 0 Å². The lowest BCUT2D eigenvalue weighted by molar-refractivity contribution is -0.123. The van der Waals surface area contributed by atoms with Gasteiger partial charge >= 0.3 is 0 Å². The molecule has 0 aromatic carbocycles. The van der Waals surface area contributed by atoms with Crippen LogP contribution in [0.4, 0.5) is 0 Å². The third-order valence-electron chi connectivity index (χ3n) is 4.15. The molecule has 1 aliphatic rings. The van der Waals surface area contributed by atoms with Crippen LogP contribution in [0.15, 0.2) is 17.5 Å². The zero-order valence-electron chi connectivity index (χ0n) is 15.2. The molecule has 1 fully saturated rings. The number of morpholine rings is 1. The van der Waals surface area contributed by atoms with Gasteiger partial charge in [-0.05, 0) is 23.9 Å². The van der Waals surface area contributed by atoms with E-state index >= 15 is 0 Å². The van der Waals surface area contributed by atoms with Crippen molar-refractivity contribution in [3.05, 3.63) is 22.4 Å². The molecule has 1 aromatic rings. The Kier molecular flexibility index (Phi) is 8.18. The predicted molar refractivity (Wildman–Crippen MR) is 99.3 cm³/mol. The number of carbonyl (C=O) groups excluding carboxylic acids is 1. The van der Waals surface area contributed by atoms with E-state index in [-0.39, 0.29) is 12.0 Å². The minimum atomic E-state index is 0.0815. The van der Waals surface area contributed by atoms with Gasteiger partial charge in [-0.1, -0.05) is 26.8 Å². The molecule has 1 aromatic heterocycles. The zero-order valence-corrected chi connectivity index (χ0v) is 16.0. The molecule has 1 unspecified atom stereocenters. The molecule has 5 nitrogen and oxygen atoms in total. The molecule has 0 spiro atoms. The molecule has 0 bridgehead atoms. The van der Waals surface area contributed by atoms with Crippen molar-refractivity contribution < 1.29 is 9.53 Å². The second-order valence-electron chi connectivity index (χ2n) is 6.83. The summed E-state index contributed by atoms with van der Waals surface area (Å²) in [5.41, 5.74) is 0. The van der Waals surface area contributed by atoms with Gasteiger partial charge in [0.2, 0.25) is 5.91 Å². The predicted octanol–water partition coefficient (Wildman–Crippen LogP) is 2.04. The lowest BCUT2D eigenvalue weighted by atomic mass is 10.2. The molecular weight excluding hydrogens is 322 g/mol. The maximum atomic E-state index is 12.2. The number of carbonyl (C=O) groups is 1. The summed E-state index contributed by atoms with van der Waals surface area (Å²) in [6, 6.07) is 4.17. The van der Waals surface area contributed by atoms with Crippen molar-refractivity contribution in [3.8, 4) is 0 Å². The fourth-order valence-electron chi connectivity index (χ4n) is 2.98. The highest BCUT2D eigenvalue weighted by Crippen LogP contribution is 2.11. The van der Waals surface area contributed by atoms with Gasteiger partial charge < -0.3 is 10.1 Å². The summed E-state index contributed by atoms with van der Waals surface area (Å²) < 4.78 is 5.79. The number of amides is 1. The van der Waals surface area contributed by atoms with E-state index in [1.54, 1.807) is 11.3 Å². The van der Waals surface area contributed by atoms with Gasteiger partial charge in [-0.2, -0.15) is 0 Å². The Hall–Kier alpha value is -0.950. The summed E-state index contributed by atoms with van der Waals surface area (Å²) >= 11 is 1.74. The number of hydrogen-bond donors (Lipinski definition) is 1. The molecule has 1 amide bonds. The SMILES string of the molecule is CCN(CC(=O)NCC1CN(CC(C)C)CCO1)Cc1cccs1. The van der Waals surface area contributed by atoms with Crippen molar-refractivity contribution >= 4 is 17.2 Å². The van der Waals surface area contributed by atoms with Crippen molar-refractivity contribution in [1.29, 1.82) is 0 Å². The van der Waals surface area contributed by atoms with Gasteiger partial charge in [0.15, 0.2) is 0 Å². The average molecular weight is 354 g/mol. The molecule has 0 saturated carbocycles. The first-order valence-electron chi connectivity index (χ1n) is 8.92. The number of nitrogens with one attached hydrogen (secondary N) is 1. The van der Waals surface area contributed by atoms with Crippen LogP contribution in [0, 0.1) is 5.92 Å². The third kappa shape index (κ3) is 6.89. The van der Waals surface area contributed by atoms with E-state index in [2.05, 4.69) is 53.4 Å². The molecule has 0 aliphatic carbocycles. The van der Waals surface area contributed by atoms with Crippen molar-refractivity contribution in [2.45, 2.75) is 33.4 Å². The van der Waals surface area contributed by atoms with E-state index in [1.807, 2.05) is 0 Å². The molecule has 1 aliphatic heterocycles. The minimum Gasteiger partial charge on any atom is -0.374 e. The number of nitrogens with zero attached hydrogens (tertiary/aromatic N) is 2. The van der Waals surface area contributed by atoms with Crippen molar-refractivity contribution in [3.63, 3.8) is 0 Å². The third-order valence-corrected chi connectivity index (χ3v) is 5.01. The van der Waals surface area contributed by atoms with Crippen LogP contribution in [0.2, 0.25) is 0 Å². The Morgan fingerprint density at radius 3 is 3.04 bits per heavy atom. The Labute approximate surface area is 150 Å². The van der Waals surface area contributed by atoms with Gasteiger partial charge in [0.1, 0.15) is 0 Å². The first kappa shape index (κ1) is 19.4. The number of ether oxygens (including phenoxy) is 1. The fourth-order valence-corrected chi connectivity index (χ4v) is 3.72. The summed E-state index contributed by atoms with van der Waals surface area (Å²) in [5.74, 6) is 0.742. The molecule has 0 radical (unpaired) electrons. The molecule has 1 atom stereocenters. The molecule has 2 heterocycles. The number of hydrogen-bond acceptors (Lipinski definition) is 5. The first-order valence-corrected chi connectivity index (χ1v) is 9.80. The summed E-state index contributed by atoms with van der Waals surface area (Å²) in [6.07, 6.45) is 0.105. The quantitative estimate of drug-likeness (QED) is 0.738. The van der Waals surface area contributed by atoms with E-state index in [0.717, 1.165) is 39.3 Å². The molecule has 2 rings (SSSR count). The monoisotopic (exact) mass is 353 g/mol.